The van der Waals surface area contributed by atoms with E-state index in [1.54, 1.807) is 41.5 Å². The van der Waals surface area contributed by atoms with Crippen molar-refractivity contribution in [2.24, 2.45) is 29.2 Å². The highest BCUT2D eigenvalue weighted by Crippen LogP contribution is 2.18. The molecule has 5 heterocycles. The lowest BCUT2D eigenvalue weighted by molar-refractivity contribution is -0.142. The lowest BCUT2D eigenvalue weighted by atomic mass is 9.96. The van der Waals surface area contributed by atoms with E-state index < -0.39 is 225 Å². The van der Waals surface area contributed by atoms with Crippen molar-refractivity contribution >= 4 is 88.7 Å². The molecule has 112 heavy (non-hydrogen) atoms. The van der Waals surface area contributed by atoms with Crippen molar-refractivity contribution in [3.05, 3.63) is 91.1 Å². The minimum absolute atomic E-state index is 0.0914. The van der Waals surface area contributed by atoms with Gasteiger partial charge in [0.2, 0.25) is 82.7 Å². The number of carboxylic acids is 1. The number of aliphatic carboxylic acids is 1. The van der Waals surface area contributed by atoms with E-state index in [2.05, 4.69) is 121 Å². The molecule has 0 aromatic carbocycles. The number of carboxylic acid groups (broad SMARTS) is 1. The Morgan fingerprint density at radius 3 is 1.06 bits per heavy atom. The van der Waals surface area contributed by atoms with Gasteiger partial charge in [-0.25, -0.2) is 24.9 Å². The van der Waals surface area contributed by atoms with Crippen LogP contribution in [0, 0.1) is 17.8 Å². The summed E-state index contributed by atoms with van der Waals surface area (Å²) in [6.45, 7) is 10.0. The molecule has 5 rings (SSSR count). The van der Waals surface area contributed by atoms with E-state index in [4.69, 9.17) is 11.5 Å². The molecule has 42 nitrogen and oxygen atoms in total. The predicted molar refractivity (Wildman–Crippen MR) is 396 cm³/mol. The Morgan fingerprint density at radius 2 is 0.714 bits per heavy atom. The number of aromatic nitrogens is 10. The van der Waals surface area contributed by atoms with Gasteiger partial charge in [-0.15, -0.1) is 0 Å². The number of hydrogen-bond donors (Lipinski definition) is 22. The molecule has 0 aliphatic rings. The number of aliphatic hydroxyl groups is 2. The van der Waals surface area contributed by atoms with Crippen LogP contribution in [0.2, 0.25) is 0 Å². The number of carbonyl (C=O) groups is 15. The Bertz CT molecular complexity index is 3860. The topological polar surface area (TPSA) is 657 Å². The van der Waals surface area contributed by atoms with Gasteiger partial charge in [-0.3, -0.25) is 71.9 Å². The van der Waals surface area contributed by atoms with Gasteiger partial charge < -0.3 is 116 Å². The molecule has 0 saturated carbocycles. The van der Waals surface area contributed by atoms with Gasteiger partial charge >= 0.3 is 5.97 Å². The number of amides is 14. The number of aromatic amines is 5. The lowest BCUT2D eigenvalue weighted by Crippen LogP contribution is -2.62. The summed E-state index contributed by atoms with van der Waals surface area (Å²) in [6, 6.07) is -19.8. The first-order chi connectivity index (χ1) is 53.4. The third kappa shape index (κ3) is 30.1. The molecule has 42 heteroatoms. The van der Waals surface area contributed by atoms with Crippen LogP contribution in [0.3, 0.4) is 0 Å². The van der Waals surface area contributed by atoms with Crippen molar-refractivity contribution in [1.29, 1.82) is 0 Å². The van der Waals surface area contributed by atoms with Crippen LogP contribution in [-0.2, 0) is 97.6 Å². The summed E-state index contributed by atoms with van der Waals surface area (Å²) in [5.74, 6) is -17.4. The Kier molecular flexibility index (Phi) is 37.6. The summed E-state index contributed by atoms with van der Waals surface area (Å²) in [6.07, 6.45) is 15.4. The summed E-state index contributed by atoms with van der Waals surface area (Å²) in [5, 5.41) is 60.9. The van der Waals surface area contributed by atoms with Crippen molar-refractivity contribution in [2.75, 3.05) is 13.2 Å². The minimum atomic E-state index is -1.96. The van der Waals surface area contributed by atoms with Gasteiger partial charge in [-0.2, -0.15) is 0 Å². The van der Waals surface area contributed by atoms with E-state index in [1.165, 1.54) is 62.6 Å². The van der Waals surface area contributed by atoms with Crippen LogP contribution in [0.4, 0.5) is 0 Å². The molecule has 24 N–H and O–H groups in total. The SMILES string of the molecule is CCCCCCCCC(=O)N[C@H](C(=O)N[C@H](C(=O)N[C@@H](CO)C(=O)N[C@@H](CC(N)=O)C(=O)N[C@@H](Cc1cnc[nH]1)C(=O)N[C@@H](CO)C(=O)N[C@@H](Cc1cnc[nH]1)C(=O)N[C@@H](Cc1cnc[nH]1)C(=O)N[C@@H](Cc1cnc[nH]1)C(=O)N[C@@H](CC(=O)O)C(=O)N[C@H](C(=O)N[C@@H](CC(C)C)C(N)=O)C(C)CC)C(C)CC)c1cnc[nH]1. The number of aliphatic hydroxyl groups excluding tert-OH is 2. The average Bonchev–Trinajstić information content (AvgIpc) is 1.80. The van der Waals surface area contributed by atoms with Crippen molar-refractivity contribution in [3.63, 3.8) is 0 Å². The number of imidazole rings is 5. The summed E-state index contributed by atoms with van der Waals surface area (Å²) < 4.78 is 0. The normalized spacial score (nSPS) is 15.0. The molecule has 0 fully saturated rings. The number of H-pyrrole nitrogens is 5. The number of unbranched alkanes of at least 4 members (excludes halogenated alkanes) is 5. The molecular weight excluding hydrogens is 1460 g/mol. The quantitative estimate of drug-likeness (QED) is 0.0163. The Labute approximate surface area is 644 Å². The molecule has 0 radical (unpaired) electrons. The summed E-state index contributed by atoms with van der Waals surface area (Å²) in [5.41, 5.74) is 12.2. The van der Waals surface area contributed by atoms with Crippen LogP contribution in [0.1, 0.15) is 160 Å². The second-order valence-electron chi connectivity index (χ2n) is 27.6. The highest BCUT2D eigenvalue weighted by atomic mass is 16.4. The summed E-state index contributed by atoms with van der Waals surface area (Å²) >= 11 is 0. The number of nitrogens with zero attached hydrogens (tertiary/aromatic N) is 5. The van der Waals surface area contributed by atoms with Gasteiger partial charge in [-0.05, 0) is 30.6 Å². The molecule has 2 unspecified atom stereocenters. The van der Waals surface area contributed by atoms with Crippen LogP contribution in [-0.4, -0.2) is 234 Å². The number of rotatable bonds is 52. The Morgan fingerprint density at radius 1 is 0.384 bits per heavy atom. The maximum Gasteiger partial charge on any atom is 0.305 e. The fraction of sp³-hybridized carbons (Fsp3) is 0.571. The van der Waals surface area contributed by atoms with Gasteiger partial charge in [-0.1, -0.05) is 93.4 Å². The maximum absolute atomic E-state index is 14.8. The van der Waals surface area contributed by atoms with E-state index in [-0.39, 0.29) is 47.2 Å². The highest BCUT2D eigenvalue weighted by Gasteiger charge is 2.40. The van der Waals surface area contributed by atoms with E-state index in [1.807, 2.05) is 0 Å². The first-order valence-corrected chi connectivity index (χ1v) is 36.9. The number of primary amides is 2. The largest absolute Gasteiger partial charge is 0.481 e. The Hall–Kier alpha value is -12.0. The fourth-order valence-corrected chi connectivity index (χ4v) is 11.5. The monoisotopic (exact) mass is 1570 g/mol. The van der Waals surface area contributed by atoms with Gasteiger partial charge in [0.1, 0.15) is 72.5 Å². The second kappa shape index (κ2) is 46.5. The molecule has 0 spiro atoms. The molecular formula is C70H106N24O18. The highest BCUT2D eigenvalue weighted by molar-refractivity contribution is 6.01. The molecule has 5 aromatic rings. The molecule has 0 saturated heterocycles. The zero-order chi connectivity index (χ0) is 82.6. The van der Waals surface area contributed by atoms with Gasteiger partial charge in [0, 0.05) is 79.7 Å². The van der Waals surface area contributed by atoms with Crippen LogP contribution < -0.4 is 75.3 Å². The molecule has 614 valence electrons. The first kappa shape index (κ1) is 90.6. The smallest absolute Gasteiger partial charge is 0.305 e. The summed E-state index contributed by atoms with van der Waals surface area (Å²) in [7, 11) is 0. The number of hydrogen-bond acceptors (Lipinski definition) is 22. The predicted octanol–water partition coefficient (Wildman–Crippen LogP) is -4.53. The van der Waals surface area contributed by atoms with Crippen molar-refractivity contribution < 1.29 is 87.2 Å². The van der Waals surface area contributed by atoms with Crippen molar-refractivity contribution in [3.8, 4) is 0 Å². The number of carbonyl (C=O) groups excluding carboxylic acids is 14. The second-order valence-corrected chi connectivity index (χ2v) is 27.6. The average molecular weight is 1570 g/mol. The molecule has 14 amide bonds. The minimum Gasteiger partial charge on any atom is -0.481 e. The number of nitrogens with two attached hydrogens (primary N) is 2. The van der Waals surface area contributed by atoms with E-state index in [0.717, 1.165) is 32.1 Å². The van der Waals surface area contributed by atoms with Crippen LogP contribution in [0.15, 0.2) is 62.6 Å². The maximum atomic E-state index is 14.8. The van der Waals surface area contributed by atoms with Gasteiger partial charge in [0.05, 0.1) is 69.6 Å². The Balaban J connectivity index is 1.35. The molecule has 5 aromatic heterocycles. The third-order valence-electron chi connectivity index (χ3n) is 18.2. The van der Waals surface area contributed by atoms with E-state index in [9.17, 15) is 87.2 Å². The fourth-order valence-electron chi connectivity index (χ4n) is 11.5. The summed E-state index contributed by atoms with van der Waals surface area (Å²) in [4.78, 5) is 241. The van der Waals surface area contributed by atoms with E-state index >= 15 is 0 Å². The van der Waals surface area contributed by atoms with Crippen LogP contribution >= 0.6 is 0 Å². The first-order valence-electron chi connectivity index (χ1n) is 36.9. The number of nitrogens with one attached hydrogen (secondary N) is 17. The van der Waals surface area contributed by atoms with Crippen molar-refractivity contribution in [1.82, 2.24) is 114 Å². The van der Waals surface area contributed by atoms with Gasteiger partial charge in [0.25, 0.3) is 0 Å². The molecule has 0 bridgehead atoms. The van der Waals surface area contributed by atoms with Gasteiger partial charge in [0.15, 0.2) is 0 Å². The standard InChI is InChI=1S/C70H106N24O18/c1-8-11-12-13-14-15-16-54(98)92-58(50-28-77-35-82-50)70(112)94-57(38(7)10-3)69(111)91-52(30-96)67(109)88-48(22-53(71)97)64(106)86-47(21-42-27-76-34-81-42)63(105)90-51(29-95)66(108)87-46(20-41-26-75-33-80-41)61(103)84-44(18-39-24-73-31-78-39)60(102)85-45(19-40-25-74-32-79-40)62(104)89-49(23-55(99)100)65(107)93-56(37(6)9-2)68(110)83-43(59(72)101)17-36(4)5/h24-28,31-38,43-49,51-52,56-58,95-96H,8-23,29-30H2,1-7H3,(H2,71,97)(H2,72,101)(H,73,78)(H,74,79)(H,75,80)(H,76,81)(H,77,82)(H,83,110)(H,84,103)(H,85,102)(H,86,106)(H,87,108)(H,88,109)(H,89,104)(H,90,105)(H,91,111)(H,92,98)(H,93,107)(H,94,112)(H,99,100)/t37?,38?,43-,44-,45-,46-,47-,48-,49-,51-,52-,56-,57-,58-/m0/s1. The molecule has 0 aliphatic carbocycles. The lowest BCUT2D eigenvalue weighted by Gasteiger charge is -2.29. The third-order valence-corrected chi connectivity index (χ3v) is 18.2. The zero-order valence-electron chi connectivity index (χ0n) is 63.5. The molecule has 0 aliphatic heterocycles. The zero-order valence-corrected chi connectivity index (χ0v) is 63.5. The van der Waals surface area contributed by atoms with Crippen LogP contribution in [0.25, 0.3) is 0 Å². The van der Waals surface area contributed by atoms with Crippen molar-refractivity contribution in [2.45, 2.75) is 224 Å². The van der Waals surface area contributed by atoms with Crippen LogP contribution in [0.5, 0.6) is 0 Å². The van der Waals surface area contributed by atoms with E-state index in [0.29, 0.717) is 19.3 Å². The molecule has 14 atom stereocenters.